The van der Waals surface area contributed by atoms with E-state index in [1.54, 1.807) is 0 Å². The average molecular weight is 289 g/mol. The van der Waals surface area contributed by atoms with Crippen molar-refractivity contribution in [1.29, 1.82) is 0 Å². The number of hydrogen-bond acceptors (Lipinski definition) is 3. The largest absolute Gasteiger partial charge is 0.573 e. The van der Waals surface area contributed by atoms with E-state index in [1.807, 2.05) is 0 Å². The number of carbonyl (C=O) groups excluding carboxylic acids is 1. The maximum atomic E-state index is 12.1. The summed E-state index contributed by atoms with van der Waals surface area (Å²) in [5.74, 6) is -1.05. The minimum Gasteiger partial charge on any atom is -0.491 e. The summed E-state index contributed by atoms with van der Waals surface area (Å²) in [6.07, 6.45) is -4.93. The molecule has 0 aliphatic carbocycles. The van der Waals surface area contributed by atoms with E-state index in [9.17, 15) is 18.0 Å². The predicted octanol–water partition coefficient (Wildman–Crippen LogP) is 3.63. The van der Waals surface area contributed by atoms with Crippen LogP contribution in [0.25, 0.3) is 0 Å². The lowest BCUT2D eigenvalue weighted by Crippen LogP contribution is -2.18. The van der Waals surface area contributed by atoms with Crippen molar-refractivity contribution in [3.63, 3.8) is 0 Å². The van der Waals surface area contributed by atoms with E-state index in [1.165, 1.54) is 0 Å². The molecular formula is C9H5Cl2F3O3. The molecule has 0 heterocycles. The summed E-state index contributed by atoms with van der Waals surface area (Å²) in [6.45, 7) is 0. The molecule has 1 aromatic carbocycles. The molecular weight excluding hydrogens is 284 g/mol. The molecule has 0 radical (unpaired) electrons. The fourth-order valence-corrected chi connectivity index (χ4v) is 1.48. The van der Waals surface area contributed by atoms with Crippen molar-refractivity contribution in [3.8, 4) is 11.5 Å². The molecule has 1 aromatic rings. The van der Waals surface area contributed by atoms with Gasteiger partial charge in [0.15, 0.2) is 11.5 Å². The third kappa shape index (κ3) is 3.67. The number of rotatable bonds is 3. The maximum absolute atomic E-state index is 12.1. The molecule has 0 amide bonds. The number of alkyl halides is 3. The van der Waals surface area contributed by atoms with Gasteiger partial charge in [-0.3, -0.25) is 4.79 Å². The van der Waals surface area contributed by atoms with Gasteiger partial charge in [0.05, 0.1) is 12.1 Å². The molecule has 17 heavy (non-hydrogen) atoms. The average Bonchev–Trinajstić information content (AvgIpc) is 2.14. The van der Waals surface area contributed by atoms with E-state index in [-0.39, 0.29) is 16.3 Å². The van der Waals surface area contributed by atoms with E-state index in [2.05, 4.69) is 9.47 Å². The Morgan fingerprint density at radius 2 is 1.94 bits per heavy atom. The van der Waals surface area contributed by atoms with Crippen molar-refractivity contribution in [2.24, 2.45) is 0 Å². The zero-order valence-corrected chi connectivity index (χ0v) is 9.78. The molecule has 0 saturated heterocycles. The summed E-state index contributed by atoms with van der Waals surface area (Å²) in [7, 11) is 1.12. The van der Waals surface area contributed by atoms with Gasteiger partial charge in [0.1, 0.15) is 0 Å². The van der Waals surface area contributed by atoms with Crippen molar-refractivity contribution < 1.29 is 27.4 Å². The van der Waals surface area contributed by atoms with E-state index in [0.29, 0.717) is 0 Å². The van der Waals surface area contributed by atoms with Crippen molar-refractivity contribution in [2.75, 3.05) is 7.11 Å². The Morgan fingerprint density at radius 1 is 1.35 bits per heavy atom. The fraction of sp³-hybridized carbons (Fsp3) is 0.222. The number of methoxy groups -OCH3 is 1. The Kier molecular flexibility index (Phi) is 4.11. The molecule has 0 bridgehead atoms. The summed E-state index contributed by atoms with van der Waals surface area (Å²) in [5.41, 5.74) is -0.225. The van der Waals surface area contributed by atoms with E-state index < -0.39 is 17.4 Å². The van der Waals surface area contributed by atoms with Gasteiger partial charge in [-0.05, 0) is 23.7 Å². The molecule has 0 unspecified atom stereocenters. The van der Waals surface area contributed by atoms with E-state index in [0.717, 1.165) is 19.2 Å². The molecule has 94 valence electrons. The minimum absolute atomic E-state index is 0.210. The first-order valence-electron chi connectivity index (χ1n) is 4.07. The van der Waals surface area contributed by atoms with Gasteiger partial charge >= 0.3 is 6.36 Å². The summed E-state index contributed by atoms with van der Waals surface area (Å²) >= 11 is 10.8. The quantitative estimate of drug-likeness (QED) is 0.797. The van der Waals surface area contributed by atoms with Crippen LogP contribution in [-0.4, -0.2) is 18.7 Å². The maximum Gasteiger partial charge on any atom is 0.573 e. The molecule has 0 N–H and O–H groups in total. The lowest BCUT2D eigenvalue weighted by atomic mass is 10.2. The Balaban J connectivity index is 3.29. The number of halogens is 5. The molecule has 0 aliphatic rings. The molecule has 0 spiro atoms. The van der Waals surface area contributed by atoms with Gasteiger partial charge in [-0.25, -0.2) is 0 Å². The molecule has 0 saturated carbocycles. The number of carbonyl (C=O) groups is 1. The Labute approximate surface area is 104 Å². The third-order valence-electron chi connectivity index (χ3n) is 1.67. The Morgan fingerprint density at radius 3 is 2.35 bits per heavy atom. The van der Waals surface area contributed by atoms with Gasteiger partial charge in [0, 0.05) is 5.56 Å². The predicted molar refractivity (Wildman–Crippen MR) is 54.9 cm³/mol. The molecule has 0 aromatic heterocycles. The molecule has 1 rings (SSSR count). The van der Waals surface area contributed by atoms with Crippen LogP contribution < -0.4 is 9.47 Å². The highest BCUT2D eigenvalue weighted by molar-refractivity contribution is 6.67. The van der Waals surface area contributed by atoms with Gasteiger partial charge in [-0.15, -0.1) is 13.2 Å². The zero-order valence-electron chi connectivity index (χ0n) is 8.27. The second-order valence-corrected chi connectivity index (χ2v) is 3.56. The zero-order chi connectivity index (χ0) is 13.2. The molecule has 0 atom stereocenters. The normalized spacial score (nSPS) is 11.2. The highest BCUT2D eigenvalue weighted by Crippen LogP contribution is 2.39. The lowest BCUT2D eigenvalue weighted by molar-refractivity contribution is -0.275. The second kappa shape index (κ2) is 5.01. The van der Waals surface area contributed by atoms with Gasteiger partial charge < -0.3 is 9.47 Å². The van der Waals surface area contributed by atoms with Crippen molar-refractivity contribution in [3.05, 3.63) is 22.7 Å². The number of ether oxygens (including phenoxy) is 2. The van der Waals surface area contributed by atoms with Gasteiger partial charge in [-0.1, -0.05) is 11.6 Å². The van der Waals surface area contributed by atoms with Crippen LogP contribution in [0.2, 0.25) is 5.02 Å². The highest BCUT2D eigenvalue weighted by atomic mass is 35.5. The fourth-order valence-electron chi connectivity index (χ4n) is 1.08. The lowest BCUT2D eigenvalue weighted by Gasteiger charge is -2.14. The standard InChI is InChI=1S/C9H5Cl2F3O3/c1-16-7-5(10)2-4(8(11)15)3-6(7)17-9(12,13)14/h2-3H,1H3. The van der Waals surface area contributed by atoms with Crippen LogP contribution >= 0.6 is 23.2 Å². The summed E-state index contributed by atoms with van der Waals surface area (Å²) < 4.78 is 44.6. The van der Waals surface area contributed by atoms with Gasteiger partial charge in [0.25, 0.3) is 5.24 Å². The van der Waals surface area contributed by atoms with Crippen LogP contribution in [0.5, 0.6) is 11.5 Å². The number of hydrogen-bond donors (Lipinski definition) is 0. The van der Waals surface area contributed by atoms with Crippen LogP contribution in [0.1, 0.15) is 10.4 Å². The Bertz CT molecular complexity index is 446. The monoisotopic (exact) mass is 288 g/mol. The Hall–Kier alpha value is -1.14. The minimum atomic E-state index is -4.93. The summed E-state index contributed by atoms with van der Waals surface area (Å²) in [4.78, 5) is 10.8. The first kappa shape index (κ1) is 13.9. The van der Waals surface area contributed by atoms with E-state index >= 15 is 0 Å². The van der Waals surface area contributed by atoms with Gasteiger partial charge in [0.2, 0.25) is 0 Å². The van der Waals surface area contributed by atoms with Crippen LogP contribution in [0, 0.1) is 0 Å². The smallest absolute Gasteiger partial charge is 0.491 e. The second-order valence-electron chi connectivity index (χ2n) is 2.81. The van der Waals surface area contributed by atoms with Crippen LogP contribution in [0.4, 0.5) is 13.2 Å². The summed E-state index contributed by atoms with van der Waals surface area (Å²) in [5, 5.41) is -1.17. The van der Waals surface area contributed by atoms with Crippen molar-refractivity contribution >= 4 is 28.4 Å². The molecule has 3 nitrogen and oxygen atoms in total. The first-order valence-corrected chi connectivity index (χ1v) is 4.83. The highest BCUT2D eigenvalue weighted by Gasteiger charge is 2.33. The van der Waals surface area contributed by atoms with Crippen molar-refractivity contribution in [2.45, 2.75) is 6.36 Å². The van der Waals surface area contributed by atoms with Crippen LogP contribution in [0.15, 0.2) is 12.1 Å². The van der Waals surface area contributed by atoms with Gasteiger partial charge in [-0.2, -0.15) is 0 Å². The van der Waals surface area contributed by atoms with E-state index in [4.69, 9.17) is 23.2 Å². The summed E-state index contributed by atoms with van der Waals surface area (Å²) in [6, 6.07) is 1.88. The third-order valence-corrected chi connectivity index (χ3v) is 2.17. The van der Waals surface area contributed by atoms with Crippen LogP contribution in [-0.2, 0) is 0 Å². The first-order chi connectivity index (χ1) is 7.74. The van der Waals surface area contributed by atoms with Crippen molar-refractivity contribution in [1.82, 2.24) is 0 Å². The SMILES string of the molecule is COc1c(Cl)cc(C(=O)Cl)cc1OC(F)(F)F. The van der Waals surface area contributed by atoms with Crippen LogP contribution in [0.3, 0.4) is 0 Å². The molecule has 8 heteroatoms. The molecule has 0 fully saturated rings. The number of benzene rings is 1. The topological polar surface area (TPSA) is 35.5 Å². The molecule has 0 aliphatic heterocycles.